The molecule has 0 atom stereocenters. The number of ether oxygens (including phenoxy) is 2. The number of hydrogen-bond acceptors (Lipinski definition) is 6. The third-order valence-electron chi connectivity index (χ3n) is 10.6. The molecule has 6 aromatic rings. The van der Waals surface area contributed by atoms with Crippen molar-refractivity contribution in [1.29, 1.82) is 0 Å². The van der Waals surface area contributed by atoms with Crippen LogP contribution < -0.4 is 9.47 Å². The molecule has 0 radical (unpaired) electrons. The number of Topliss-reactive ketones (excluding diaryl/α,β-unsaturated/α-hetero) is 2. The summed E-state index contributed by atoms with van der Waals surface area (Å²) >= 11 is 3.17. The van der Waals surface area contributed by atoms with Crippen LogP contribution >= 0.6 is 22.7 Å². The van der Waals surface area contributed by atoms with E-state index in [2.05, 4.69) is 86.6 Å². The highest BCUT2D eigenvalue weighted by Crippen LogP contribution is 2.48. The van der Waals surface area contributed by atoms with E-state index in [-0.39, 0.29) is 0 Å². The maximum atomic E-state index is 13.4. The highest BCUT2D eigenvalue weighted by Gasteiger charge is 2.35. The van der Waals surface area contributed by atoms with Crippen molar-refractivity contribution in [3.63, 3.8) is 0 Å². The van der Waals surface area contributed by atoms with E-state index in [9.17, 15) is 9.59 Å². The number of benzene rings is 4. The van der Waals surface area contributed by atoms with Crippen LogP contribution in [0.3, 0.4) is 0 Å². The van der Waals surface area contributed by atoms with Gasteiger partial charge in [0.25, 0.3) is 0 Å². The fraction of sp³-hybridized carbons (Fsp3) is 0.320. The molecular weight excluding hydrogens is 729 g/mol. The van der Waals surface area contributed by atoms with Gasteiger partial charge in [0, 0.05) is 20.9 Å². The number of fused-ring (bicyclic) bond motifs is 3. The molecule has 0 unspecified atom stereocenters. The molecule has 56 heavy (non-hydrogen) atoms. The number of carbonyl (C=O) groups excluding carboxylic acids is 2. The van der Waals surface area contributed by atoms with E-state index in [4.69, 9.17) is 9.47 Å². The predicted molar refractivity (Wildman–Crippen MR) is 236 cm³/mol. The molecule has 0 spiro atoms. The van der Waals surface area contributed by atoms with E-state index in [1.165, 1.54) is 64.2 Å². The number of ketones is 2. The summed E-state index contributed by atoms with van der Waals surface area (Å²) in [4.78, 5) is 30.4. The largest absolute Gasteiger partial charge is 0.494 e. The maximum Gasteiger partial charge on any atom is 0.235 e. The first-order valence-corrected chi connectivity index (χ1v) is 22.2. The Bertz CT molecular complexity index is 2030. The van der Waals surface area contributed by atoms with Gasteiger partial charge in [-0.15, -0.1) is 22.7 Å². The number of thiophene rings is 2. The van der Waals surface area contributed by atoms with Crippen LogP contribution in [0, 0.1) is 0 Å². The summed E-state index contributed by atoms with van der Waals surface area (Å²) in [6.45, 7) is 6.00. The number of unbranched alkanes of at least 4 members (excludes halogenated alkanes) is 10. The van der Waals surface area contributed by atoms with E-state index in [1.807, 2.05) is 36.4 Å². The van der Waals surface area contributed by atoms with Crippen LogP contribution in [0.1, 0.15) is 112 Å². The Labute approximate surface area is 340 Å². The third kappa shape index (κ3) is 9.59. The molecule has 4 nitrogen and oxygen atoms in total. The standard InChI is InChI=1S/C50H52O4S2/c1-3-5-7-9-11-13-31-53-41-27-23-37(24-28-41)35-15-19-39(20-16-35)45-33-43-47(51)48(52)44-34-46(56-50(44)49(43)55-45)40-21-17-36(18-22-40)38-25-29-42(30-26-38)54-32-14-12-10-8-6-4-2/h15-30,33-34H,3-14,31-32H2,1-2H3. The van der Waals surface area contributed by atoms with Crippen LogP contribution in [0.5, 0.6) is 11.5 Å². The van der Waals surface area contributed by atoms with E-state index in [0.717, 1.165) is 90.4 Å². The van der Waals surface area contributed by atoms with Gasteiger partial charge in [0.1, 0.15) is 11.5 Å². The Balaban J connectivity index is 0.983. The highest BCUT2D eigenvalue weighted by atomic mass is 32.1. The van der Waals surface area contributed by atoms with Gasteiger partial charge in [-0.05, 0) is 82.6 Å². The first kappa shape index (κ1) is 39.5. The summed E-state index contributed by atoms with van der Waals surface area (Å²) < 4.78 is 12.0. The molecule has 2 heterocycles. The Morgan fingerprint density at radius 1 is 0.393 bits per heavy atom. The Kier molecular flexibility index (Phi) is 13.7. The zero-order valence-corrected chi connectivity index (χ0v) is 34.4. The first-order chi connectivity index (χ1) is 27.5. The van der Waals surface area contributed by atoms with Gasteiger partial charge in [-0.25, -0.2) is 0 Å². The molecule has 7 rings (SSSR count). The molecule has 4 aromatic carbocycles. The highest BCUT2D eigenvalue weighted by molar-refractivity contribution is 7.26. The van der Waals surface area contributed by atoms with Crippen LogP contribution in [0.2, 0.25) is 0 Å². The topological polar surface area (TPSA) is 52.6 Å². The second-order valence-corrected chi connectivity index (χ2v) is 16.9. The summed E-state index contributed by atoms with van der Waals surface area (Å²) in [5.74, 6) is 0.955. The van der Waals surface area contributed by atoms with Crippen molar-refractivity contribution < 1.29 is 19.1 Å². The number of carbonyl (C=O) groups is 2. The molecule has 0 fully saturated rings. The fourth-order valence-corrected chi connectivity index (χ4v) is 9.75. The molecule has 0 saturated heterocycles. The Morgan fingerprint density at radius 2 is 0.696 bits per heavy atom. The van der Waals surface area contributed by atoms with Crippen molar-refractivity contribution in [1.82, 2.24) is 0 Å². The molecule has 0 N–H and O–H groups in total. The lowest BCUT2D eigenvalue weighted by Gasteiger charge is -2.08. The molecule has 0 amide bonds. The van der Waals surface area contributed by atoms with Crippen molar-refractivity contribution in [3.8, 4) is 64.4 Å². The van der Waals surface area contributed by atoms with Crippen LogP contribution in [-0.2, 0) is 0 Å². The first-order valence-electron chi connectivity index (χ1n) is 20.6. The van der Waals surface area contributed by atoms with Crippen molar-refractivity contribution in [2.24, 2.45) is 0 Å². The number of rotatable bonds is 20. The summed E-state index contributed by atoms with van der Waals surface area (Å²) in [5.41, 5.74) is 7.55. The molecule has 288 valence electrons. The monoisotopic (exact) mass is 780 g/mol. The Hall–Kier alpha value is -4.78. The zero-order chi connectivity index (χ0) is 38.7. The summed E-state index contributed by atoms with van der Waals surface area (Å²) in [6, 6.07) is 37.3. The lowest BCUT2D eigenvalue weighted by Crippen LogP contribution is -2.18. The van der Waals surface area contributed by atoms with Gasteiger partial charge in [0.05, 0.1) is 23.0 Å². The number of hydrogen-bond donors (Lipinski definition) is 0. The minimum Gasteiger partial charge on any atom is -0.494 e. The van der Waals surface area contributed by atoms with Crippen LogP contribution in [-0.4, -0.2) is 24.8 Å². The van der Waals surface area contributed by atoms with Crippen LogP contribution in [0.4, 0.5) is 0 Å². The van der Waals surface area contributed by atoms with E-state index >= 15 is 0 Å². The maximum absolute atomic E-state index is 13.4. The van der Waals surface area contributed by atoms with Crippen molar-refractivity contribution in [2.45, 2.75) is 90.9 Å². The Morgan fingerprint density at radius 3 is 1.05 bits per heavy atom. The molecule has 0 bridgehead atoms. The van der Waals surface area contributed by atoms with E-state index < -0.39 is 11.6 Å². The van der Waals surface area contributed by atoms with E-state index in [0.29, 0.717) is 11.1 Å². The van der Waals surface area contributed by atoms with Gasteiger partial charge in [0.2, 0.25) is 11.6 Å². The summed E-state index contributed by atoms with van der Waals surface area (Å²) in [5, 5.41) is 0. The molecule has 0 saturated carbocycles. The molecule has 0 aliphatic heterocycles. The van der Waals surface area contributed by atoms with Crippen molar-refractivity contribution in [3.05, 3.63) is 120 Å². The second-order valence-electron chi connectivity index (χ2n) is 14.8. The van der Waals surface area contributed by atoms with Gasteiger partial charge in [-0.2, -0.15) is 0 Å². The minimum absolute atomic E-state index is 0.426. The summed E-state index contributed by atoms with van der Waals surface area (Å²) in [7, 11) is 0. The smallest absolute Gasteiger partial charge is 0.235 e. The van der Waals surface area contributed by atoms with Gasteiger partial charge in [-0.3, -0.25) is 9.59 Å². The van der Waals surface area contributed by atoms with E-state index in [1.54, 1.807) is 22.7 Å². The quantitative estimate of drug-likeness (QED) is 0.0572. The lowest BCUT2D eigenvalue weighted by molar-refractivity contribution is 0.0816. The van der Waals surface area contributed by atoms with Gasteiger partial charge < -0.3 is 9.47 Å². The zero-order valence-electron chi connectivity index (χ0n) is 32.7. The third-order valence-corrected chi connectivity index (χ3v) is 13.1. The molecule has 1 aliphatic rings. The molecule has 2 aromatic heterocycles. The summed E-state index contributed by atoms with van der Waals surface area (Å²) in [6.07, 6.45) is 15.0. The second kappa shape index (κ2) is 19.4. The van der Waals surface area contributed by atoms with Gasteiger partial charge in [-0.1, -0.05) is 151 Å². The van der Waals surface area contributed by atoms with Crippen molar-refractivity contribution in [2.75, 3.05) is 13.2 Å². The van der Waals surface area contributed by atoms with Gasteiger partial charge >= 0.3 is 0 Å². The normalized spacial score (nSPS) is 12.1. The SMILES string of the molecule is CCCCCCCCOc1ccc(-c2ccc(-c3cc4c(s3)-c3sc(-c5ccc(-c6ccc(OCCCCCCCC)cc6)cc5)cc3C(=O)C4=O)cc2)cc1. The fourth-order valence-electron chi connectivity index (χ4n) is 7.27. The average Bonchev–Trinajstić information content (AvgIpc) is 3.89. The molecule has 1 aliphatic carbocycles. The molecule has 6 heteroatoms. The predicted octanol–water partition coefficient (Wildman–Crippen LogP) is 15.0. The van der Waals surface area contributed by atoms with Crippen molar-refractivity contribution >= 4 is 34.2 Å². The molecular formula is C50H52O4S2. The lowest BCUT2D eigenvalue weighted by atomic mass is 9.94. The average molecular weight is 781 g/mol. The van der Waals surface area contributed by atoms with Gasteiger partial charge in [0.15, 0.2) is 0 Å². The minimum atomic E-state index is -0.426. The van der Waals surface area contributed by atoms with Crippen LogP contribution in [0.15, 0.2) is 109 Å². The van der Waals surface area contributed by atoms with Crippen LogP contribution in [0.25, 0.3) is 52.9 Å².